The van der Waals surface area contributed by atoms with E-state index in [1.165, 1.54) is 0 Å². The van der Waals surface area contributed by atoms with Crippen LogP contribution in [0.25, 0.3) is 0 Å². The fourth-order valence-corrected chi connectivity index (χ4v) is 2.25. The van der Waals surface area contributed by atoms with Crippen molar-refractivity contribution in [1.29, 1.82) is 0 Å². The third-order valence-corrected chi connectivity index (χ3v) is 3.09. The van der Waals surface area contributed by atoms with Crippen molar-refractivity contribution >= 4 is 7.82 Å². The molecule has 90 valence electrons. The molecule has 0 aromatic heterocycles. The van der Waals surface area contributed by atoms with E-state index in [1.54, 1.807) is 6.92 Å². The maximum absolute atomic E-state index is 10.6. The van der Waals surface area contributed by atoms with E-state index in [0.29, 0.717) is 0 Å². The maximum Gasteiger partial charge on any atom is 0.469 e. The van der Waals surface area contributed by atoms with Crippen molar-refractivity contribution < 1.29 is 34.2 Å². The minimum Gasteiger partial charge on any atom is -0.390 e. The standard InChI is InChI=1S/C7H15O7P/c1-3-2-4(14-15(11,12)13)6(9)7(10)5(3)8/h3-10H,2H2,1H3,(H2,11,12,13)/t3-,4+,5-,6-,7-/m1/s1. The first-order valence-electron chi connectivity index (χ1n) is 4.50. The summed E-state index contributed by atoms with van der Waals surface area (Å²) in [5, 5.41) is 28.1. The molecule has 1 rings (SSSR count). The molecule has 0 radical (unpaired) electrons. The molecule has 0 aromatic carbocycles. The van der Waals surface area contributed by atoms with E-state index in [4.69, 9.17) is 9.79 Å². The van der Waals surface area contributed by atoms with Gasteiger partial charge in [0.1, 0.15) is 12.2 Å². The number of phosphoric ester groups is 1. The van der Waals surface area contributed by atoms with Crippen LogP contribution >= 0.6 is 7.82 Å². The van der Waals surface area contributed by atoms with Crippen LogP contribution in [0.4, 0.5) is 0 Å². The number of aliphatic hydroxyl groups is 3. The fourth-order valence-electron chi connectivity index (χ4n) is 1.69. The molecular weight excluding hydrogens is 227 g/mol. The highest BCUT2D eigenvalue weighted by molar-refractivity contribution is 7.46. The van der Waals surface area contributed by atoms with Crippen molar-refractivity contribution in [2.75, 3.05) is 0 Å². The Labute approximate surface area is 86.6 Å². The fraction of sp³-hybridized carbons (Fsp3) is 1.00. The smallest absolute Gasteiger partial charge is 0.390 e. The average Bonchev–Trinajstić information content (AvgIpc) is 2.08. The van der Waals surface area contributed by atoms with Gasteiger partial charge in [-0.1, -0.05) is 6.92 Å². The molecule has 0 bridgehead atoms. The van der Waals surface area contributed by atoms with Crippen molar-refractivity contribution in [1.82, 2.24) is 0 Å². The van der Waals surface area contributed by atoms with Gasteiger partial charge in [-0.2, -0.15) is 0 Å². The third-order valence-electron chi connectivity index (χ3n) is 2.54. The zero-order valence-electron chi connectivity index (χ0n) is 8.09. The average molecular weight is 242 g/mol. The molecule has 0 saturated heterocycles. The van der Waals surface area contributed by atoms with E-state index in [9.17, 15) is 19.9 Å². The molecule has 7 nitrogen and oxygen atoms in total. The molecule has 8 heteroatoms. The molecule has 0 heterocycles. The number of hydrogen-bond acceptors (Lipinski definition) is 5. The van der Waals surface area contributed by atoms with Crippen LogP contribution < -0.4 is 0 Å². The van der Waals surface area contributed by atoms with Crippen molar-refractivity contribution in [2.24, 2.45) is 5.92 Å². The Hall–Kier alpha value is -0.0100. The molecule has 15 heavy (non-hydrogen) atoms. The summed E-state index contributed by atoms with van der Waals surface area (Å²) in [6, 6.07) is 0. The zero-order valence-corrected chi connectivity index (χ0v) is 8.99. The Kier molecular flexibility index (Phi) is 3.89. The van der Waals surface area contributed by atoms with Crippen LogP contribution in [0.1, 0.15) is 13.3 Å². The van der Waals surface area contributed by atoms with Crippen molar-refractivity contribution in [3.05, 3.63) is 0 Å². The van der Waals surface area contributed by atoms with Gasteiger partial charge in [0.25, 0.3) is 0 Å². The lowest BCUT2D eigenvalue weighted by molar-refractivity contribution is -0.151. The van der Waals surface area contributed by atoms with Gasteiger partial charge in [0, 0.05) is 0 Å². The second kappa shape index (κ2) is 4.47. The Morgan fingerprint density at radius 2 is 1.67 bits per heavy atom. The van der Waals surface area contributed by atoms with Gasteiger partial charge in [-0.25, -0.2) is 4.57 Å². The Morgan fingerprint density at radius 3 is 2.13 bits per heavy atom. The van der Waals surface area contributed by atoms with Crippen LogP contribution in [0.3, 0.4) is 0 Å². The minimum absolute atomic E-state index is 0.0739. The summed E-state index contributed by atoms with van der Waals surface area (Å²) in [4.78, 5) is 17.1. The van der Waals surface area contributed by atoms with E-state index >= 15 is 0 Å². The van der Waals surface area contributed by atoms with Gasteiger partial charge < -0.3 is 25.1 Å². The Bertz CT molecular complexity index is 264. The molecule has 0 amide bonds. The summed E-state index contributed by atoms with van der Waals surface area (Å²) in [6.07, 6.45) is -5.16. The van der Waals surface area contributed by atoms with E-state index < -0.39 is 38.2 Å². The highest BCUT2D eigenvalue weighted by atomic mass is 31.2. The van der Waals surface area contributed by atoms with Crippen LogP contribution in [-0.2, 0) is 9.09 Å². The van der Waals surface area contributed by atoms with Crippen molar-refractivity contribution in [3.63, 3.8) is 0 Å². The molecule has 1 aliphatic carbocycles. The summed E-state index contributed by atoms with van der Waals surface area (Å²) in [5.74, 6) is -0.403. The van der Waals surface area contributed by atoms with Gasteiger partial charge in [-0.05, 0) is 12.3 Å². The summed E-state index contributed by atoms with van der Waals surface area (Å²) < 4.78 is 14.9. The lowest BCUT2D eigenvalue weighted by Gasteiger charge is -2.38. The number of hydrogen-bond donors (Lipinski definition) is 5. The van der Waals surface area contributed by atoms with Gasteiger partial charge in [0.2, 0.25) is 0 Å². The summed E-state index contributed by atoms with van der Waals surface area (Å²) in [5.41, 5.74) is 0. The maximum atomic E-state index is 10.6. The van der Waals surface area contributed by atoms with Crippen LogP contribution in [0.2, 0.25) is 0 Å². The Balaban J connectivity index is 2.71. The molecule has 1 saturated carbocycles. The highest BCUT2D eigenvalue weighted by Crippen LogP contribution is 2.42. The van der Waals surface area contributed by atoms with Crippen LogP contribution in [0, 0.1) is 5.92 Å². The van der Waals surface area contributed by atoms with Crippen LogP contribution in [-0.4, -0.2) is 49.5 Å². The predicted molar refractivity (Wildman–Crippen MR) is 48.7 cm³/mol. The van der Waals surface area contributed by atoms with Crippen molar-refractivity contribution in [3.8, 4) is 0 Å². The lowest BCUT2D eigenvalue weighted by atomic mass is 9.82. The minimum atomic E-state index is -4.70. The van der Waals surface area contributed by atoms with E-state index in [0.717, 1.165) is 0 Å². The molecule has 0 aromatic rings. The second-order valence-electron chi connectivity index (χ2n) is 3.82. The van der Waals surface area contributed by atoms with Crippen LogP contribution in [0.5, 0.6) is 0 Å². The molecule has 5 N–H and O–H groups in total. The second-order valence-corrected chi connectivity index (χ2v) is 5.01. The van der Waals surface area contributed by atoms with Crippen molar-refractivity contribution in [2.45, 2.75) is 37.8 Å². The zero-order chi connectivity index (χ0) is 11.8. The predicted octanol–water partition coefficient (Wildman–Crippen LogP) is -1.41. The number of phosphoric acid groups is 1. The molecule has 0 aliphatic heterocycles. The van der Waals surface area contributed by atoms with Gasteiger partial charge in [-0.15, -0.1) is 0 Å². The summed E-state index contributed by atoms with van der Waals surface area (Å²) in [6.45, 7) is 1.59. The number of rotatable bonds is 2. The number of aliphatic hydroxyl groups excluding tert-OH is 3. The van der Waals surface area contributed by atoms with E-state index in [1.807, 2.05) is 0 Å². The summed E-state index contributed by atoms with van der Waals surface area (Å²) >= 11 is 0. The SMILES string of the molecule is C[C@@H]1C[C@H](OP(=O)(O)O)[C@@H](O)[C@H](O)[C@@H]1O. The van der Waals surface area contributed by atoms with Gasteiger partial charge in [0.05, 0.1) is 12.2 Å². The van der Waals surface area contributed by atoms with E-state index in [2.05, 4.69) is 4.52 Å². The molecule has 0 spiro atoms. The molecule has 5 atom stereocenters. The third kappa shape index (κ3) is 3.22. The van der Waals surface area contributed by atoms with E-state index in [-0.39, 0.29) is 6.42 Å². The lowest BCUT2D eigenvalue weighted by Crippen LogP contribution is -2.53. The normalized spacial score (nSPS) is 42.9. The Morgan fingerprint density at radius 1 is 1.13 bits per heavy atom. The van der Waals surface area contributed by atoms with Gasteiger partial charge in [-0.3, -0.25) is 4.52 Å². The topological polar surface area (TPSA) is 127 Å². The van der Waals surface area contributed by atoms with Gasteiger partial charge in [0.15, 0.2) is 0 Å². The van der Waals surface area contributed by atoms with Gasteiger partial charge >= 0.3 is 7.82 Å². The largest absolute Gasteiger partial charge is 0.469 e. The highest BCUT2D eigenvalue weighted by Gasteiger charge is 2.43. The monoisotopic (exact) mass is 242 g/mol. The quantitative estimate of drug-likeness (QED) is 0.376. The summed E-state index contributed by atoms with van der Waals surface area (Å²) in [7, 11) is -4.70. The molecule has 0 unspecified atom stereocenters. The first kappa shape index (κ1) is 13.1. The first-order valence-corrected chi connectivity index (χ1v) is 6.03. The first-order chi connectivity index (χ1) is 6.72. The van der Waals surface area contributed by atoms with Crippen LogP contribution in [0.15, 0.2) is 0 Å². The molecule has 1 aliphatic rings. The molecular formula is C7H15O7P. The molecule has 1 fully saturated rings.